The minimum atomic E-state index is -0.315. The zero-order valence-corrected chi connectivity index (χ0v) is 13.8. The molecule has 0 saturated heterocycles. The summed E-state index contributed by atoms with van der Waals surface area (Å²) in [4.78, 5) is 16.5. The number of fused-ring (bicyclic) bond motifs is 1. The summed E-state index contributed by atoms with van der Waals surface area (Å²) in [6.07, 6.45) is 1.69. The van der Waals surface area contributed by atoms with Crippen LogP contribution in [0, 0.1) is 0 Å². The van der Waals surface area contributed by atoms with Crippen molar-refractivity contribution in [3.05, 3.63) is 65.3 Å². The number of hydrogen-bond donors (Lipinski definition) is 2. The van der Waals surface area contributed by atoms with E-state index < -0.39 is 0 Å². The van der Waals surface area contributed by atoms with E-state index >= 15 is 0 Å². The van der Waals surface area contributed by atoms with Gasteiger partial charge in [-0.05, 0) is 29.8 Å². The van der Waals surface area contributed by atoms with E-state index in [4.69, 9.17) is 16.3 Å². The third-order valence-corrected chi connectivity index (χ3v) is 3.78. The number of nitrogens with one attached hydrogen (secondary N) is 2. The molecule has 0 atom stereocenters. The number of benzene rings is 2. The van der Waals surface area contributed by atoms with Gasteiger partial charge >= 0.3 is 6.03 Å². The summed E-state index contributed by atoms with van der Waals surface area (Å²) >= 11 is 5.85. The fourth-order valence-corrected chi connectivity index (χ4v) is 2.46. The molecule has 6 heteroatoms. The number of nitrogens with zero attached hydrogens (tertiary/aromatic N) is 1. The van der Waals surface area contributed by atoms with Crippen LogP contribution < -0.4 is 15.4 Å². The quantitative estimate of drug-likeness (QED) is 0.746. The molecule has 0 unspecified atom stereocenters. The minimum Gasteiger partial charge on any atom is -0.497 e. The maximum Gasteiger partial charge on any atom is 0.319 e. The lowest BCUT2D eigenvalue weighted by molar-refractivity contribution is 0.252. The van der Waals surface area contributed by atoms with Crippen molar-refractivity contribution < 1.29 is 9.53 Å². The van der Waals surface area contributed by atoms with Gasteiger partial charge in [0.2, 0.25) is 0 Å². The topological polar surface area (TPSA) is 63.2 Å². The standard InChI is InChI=1S/C18H16ClN3O2/c1-24-15-9-13-3-2-8-20-17(13)16(10-15)22-18(23)21-11-12-4-6-14(19)7-5-12/h2-10H,11H2,1H3,(H2,21,22,23). The monoisotopic (exact) mass is 341 g/mol. The van der Waals surface area contributed by atoms with Crippen LogP contribution in [0.15, 0.2) is 54.7 Å². The number of aromatic nitrogens is 1. The molecule has 2 aromatic carbocycles. The first-order valence-corrected chi connectivity index (χ1v) is 7.75. The van der Waals surface area contributed by atoms with E-state index in [1.165, 1.54) is 0 Å². The van der Waals surface area contributed by atoms with Crippen LogP contribution in [0.25, 0.3) is 10.9 Å². The molecule has 1 heterocycles. The second-order valence-corrected chi connectivity index (χ2v) is 5.62. The highest BCUT2D eigenvalue weighted by Crippen LogP contribution is 2.27. The molecule has 0 spiro atoms. The van der Waals surface area contributed by atoms with Crippen LogP contribution in [-0.4, -0.2) is 18.1 Å². The fraction of sp³-hybridized carbons (Fsp3) is 0.111. The van der Waals surface area contributed by atoms with Gasteiger partial charge in [0.15, 0.2) is 0 Å². The Bertz CT molecular complexity index is 866. The van der Waals surface area contributed by atoms with Gasteiger partial charge in [-0.15, -0.1) is 0 Å². The van der Waals surface area contributed by atoms with Gasteiger partial charge in [0.1, 0.15) is 5.75 Å². The van der Waals surface area contributed by atoms with Crippen LogP contribution in [0.1, 0.15) is 5.56 Å². The number of ether oxygens (including phenoxy) is 1. The van der Waals surface area contributed by atoms with E-state index in [2.05, 4.69) is 15.6 Å². The first-order chi connectivity index (χ1) is 11.7. The van der Waals surface area contributed by atoms with Gasteiger partial charge in [-0.25, -0.2) is 4.79 Å². The maximum absolute atomic E-state index is 12.2. The first-order valence-electron chi connectivity index (χ1n) is 7.38. The molecule has 0 fully saturated rings. The van der Waals surface area contributed by atoms with E-state index in [0.717, 1.165) is 10.9 Å². The van der Waals surface area contributed by atoms with Gasteiger partial charge in [-0.2, -0.15) is 0 Å². The maximum atomic E-state index is 12.2. The number of urea groups is 1. The molecule has 3 aromatic rings. The summed E-state index contributed by atoms with van der Waals surface area (Å²) in [5.41, 5.74) is 2.27. The summed E-state index contributed by atoms with van der Waals surface area (Å²) < 4.78 is 5.27. The predicted octanol–water partition coefficient (Wildman–Crippen LogP) is 4.22. The van der Waals surface area contributed by atoms with Crippen molar-refractivity contribution in [3.63, 3.8) is 0 Å². The van der Waals surface area contributed by atoms with Gasteiger partial charge in [-0.1, -0.05) is 29.8 Å². The molecule has 0 aliphatic carbocycles. The normalized spacial score (nSPS) is 10.4. The number of anilines is 1. The predicted molar refractivity (Wildman–Crippen MR) is 95.6 cm³/mol. The van der Waals surface area contributed by atoms with Crippen molar-refractivity contribution >= 4 is 34.2 Å². The van der Waals surface area contributed by atoms with Crippen LogP contribution in [-0.2, 0) is 6.54 Å². The average molecular weight is 342 g/mol. The molecule has 0 radical (unpaired) electrons. The smallest absolute Gasteiger partial charge is 0.319 e. The summed E-state index contributed by atoms with van der Waals surface area (Å²) in [6.45, 7) is 0.401. The number of hydrogen-bond acceptors (Lipinski definition) is 3. The Hall–Kier alpha value is -2.79. The zero-order chi connectivity index (χ0) is 16.9. The number of amides is 2. The Balaban J connectivity index is 1.74. The highest BCUT2D eigenvalue weighted by molar-refractivity contribution is 6.30. The Morgan fingerprint density at radius 2 is 2.00 bits per heavy atom. The van der Waals surface area contributed by atoms with Crippen molar-refractivity contribution in [1.82, 2.24) is 10.3 Å². The van der Waals surface area contributed by atoms with Gasteiger partial charge in [0.25, 0.3) is 0 Å². The van der Waals surface area contributed by atoms with E-state index in [0.29, 0.717) is 28.5 Å². The number of halogens is 1. The molecule has 2 N–H and O–H groups in total. The Morgan fingerprint density at radius 1 is 1.21 bits per heavy atom. The lowest BCUT2D eigenvalue weighted by Crippen LogP contribution is -2.28. The summed E-state index contributed by atoms with van der Waals surface area (Å²) in [6, 6.07) is 14.4. The number of carbonyl (C=O) groups is 1. The molecule has 2 amide bonds. The largest absolute Gasteiger partial charge is 0.497 e. The lowest BCUT2D eigenvalue weighted by Gasteiger charge is -2.11. The van der Waals surface area contributed by atoms with E-state index in [1.54, 1.807) is 31.5 Å². The molecule has 122 valence electrons. The van der Waals surface area contributed by atoms with Gasteiger partial charge < -0.3 is 15.4 Å². The Morgan fingerprint density at radius 3 is 2.75 bits per heavy atom. The van der Waals surface area contributed by atoms with Crippen molar-refractivity contribution in [3.8, 4) is 5.75 Å². The van der Waals surface area contributed by atoms with Crippen LogP contribution in [0.4, 0.5) is 10.5 Å². The highest BCUT2D eigenvalue weighted by Gasteiger charge is 2.09. The molecular weight excluding hydrogens is 326 g/mol. The molecule has 0 bridgehead atoms. The zero-order valence-electron chi connectivity index (χ0n) is 13.0. The number of methoxy groups -OCH3 is 1. The SMILES string of the molecule is COc1cc(NC(=O)NCc2ccc(Cl)cc2)c2ncccc2c1. The molecule has 0 aliphatic rings. The fourth-order valence-electron chi connectivity index (χ4n) is 2.33. The summed E-state index contributed by atoms with van der Waals surface area (Å²) in [7, 11) is 1.59. The summed E-state index contributed by atoms with van der Waals surface area (Å²) in [5, 5.41) is 7.19. The molecule has 0 aliphatic heterocycles. The Labute approximate surface area is 144 Å². The van der Waals surface area contributed by atoms with Crippen molar-refractivity contribution in [1.29, 1.82) is 0 Å². The number of rotatable bonds is 4. The number of carbonyl (C=O) groups excluding carboxylic acids is 1. The van der Waals surface area contributed by atoms with Crippen LogP contribution in [0.5, 0.6) is 5.75 Å². The molecule has 24 heavy (non-hydrogen) atoms. The van der Waals surface area contributed by atoms with Crippen LogP contribution in [0.2, 0.25) is 5.02 Å². The highest BCUT2D eigenvalue weighted by atomic mass is 35.5. The van der Waals surface area contributed by atoms with Gasteiger partial charge in [0, 0.05) is 29.2 Å². The second-order valence-electron chi connectivity index (χ2n) is 5.18. The molecule has 3 rings (SSSR count). The van der Waals surface area contributed by atoms with Crippen molar-refractivity contribution in [2.75, 3.05) is 12.4 Å². The molecule has 5 nitrogen and oxygen atoms in total. The Kier molecular flexibility index (Phi) is 4.82. The molecular formula is C18H16ClN3O2. The summed E-state index contributed by atoms with van der Waals surface area (Å²) in [5.74, 6) is 0.656. The van der Waals surface area contributed by atoms with Crippen molar-refractivity contribution in [2.24, 2.45) is 0 Å². The van der Waals surface area contributed by atoms with Gasteiger partial charge in [-0.3, -0.25) is 4.98 Å². The van der Waals surface area contributed by atoms with Gasteiger partial charge in [0.05, 0.1) is 18.3 Å². The van der Waals surface area contributed by atoms with Crippen molar-refractivity contribution in [2.45, 2.75) is 6.54 Å². The average Bonchev–Trinajstić information content (AvgIpc) is 2.61. The second kappa shape index (κ2) is 7.19. The molecule has 0 saturated carbocycles. The third kappa shape index (κ3) is 3.75. The minimum absolute atomic E-state index is 0.315. The number of pyridine rings is 1. The molecule has 1 aromatic heterocycles. The first kappa shape index (κ1) is 16.1. The van der Waals surface area contributed by atoms with Crippen LogP contribution >= 0.6 is 11.6 Å². The van der Waals surface area contributed by atoms with E-state index in [-0.39, 0.29) is 6.03 Å². The third-order valence-electron chi connectivity index (χ3n) is 3.53. The van der Waals surface area contributed by atoms with Crippen LogP contribution in [0.3, 0.4) is 0 Å². The van der Waals surface area contributed by atoms with E-state index in [9.17, 15) is 4.79 Å². The lowest BCUT2D eigenvalue weighted by atomic mass is 10.2. The van der Waals surface area contributed by atoms with E-state index in [1.807, 2.05) is 30.3 Å².